The Hall–Kier alpha value is -1.73. The van der Waals surface area contributed by atoms with Gasteiger partial charge in [0.25, 0.3) is 5.91 Å². The Balaban J connectivity index is 1.61. The summed E-state index contributed by atoms with van der Waals surface area (Å²) < 4.78 is 5.27. The number of aromatic nitrogens is 2. The van der Waals surface area contributed by atoms with Crippen LogP contribution in [0.4, 0.5) is 5.95 Å². The van der Waals surface area contributed by atoms with Gasteiger partial charge in [0, 0.05) is 51.7 Å². The second-order valence-electron chi connectivity index (χ2n) is 5.60. The Morgan fingerprint density at radius 1 is 1.09 bits per heavy atom. The predicted molar refractivity (Wildman–Crippen MR) is 83.1 cm³/mol. The van der Waals surface area contributed by atoms with Gasteiger partial charge in [-0.2, -0.15) is 0 Å². The van der Waals surface area contributed by atoms with E-state index in [1.807, 2.05) is 0 Å². The number of anilines is 1. The number of carbonyl (C=O) groups excluding carboxylic acids is 1. The van der Waals surface area contributed by atoms with Gasteiger partial charge >= 0.3 is 0 Å². The van der Waals surface area contributed by atoms with Crippen LogP contribution in [0, 0.1) is 0 Å². The second-order valence-corrected chi connectivity index (χ2v) is 5.60. The molecule has 0 N–H and O–H groups in total. The first-order valence-corrected chi connectivity index (χ1v) is 7.94. The maximum atomic E-state index is 12.3. The van der Waals surface area contributed by atoms with E-state index in [1.54, 1.807) is 17.3 Å². The molecule has 0 spiro atoms. The molecule has 2 saturated heterocycles. The summed E-state index contributed by atoms with van der Waals surface area (Å²) in [5.74, 6) is 0.708. The topological polar surface area (TPSA) is 61.8 Å². The minimum atomic E-state index is -0.00866. The molecule has 22 heavy (non-hydrogen) atoms. The molecule has 2 aliphatic rings. The predicted octanol–water partition coefficient (Wildman–Crippen LogP) is 0.0909. The molecule has 7 heteroatoms. The average molecular weight is 305 g/mol. The van der Waals surface area contributed by atoms with Crippen molar-refractivity contribution in [2.24, 2.45) is 0 Å². The lowest BCUT2D eigenvalue weighted by Crippen LogP contribution is -2.46. The van der Waals surface area contributed by atoms with Crippen molar-refractivity contribution < 1.29 is 9.53 Å². The maximum absolute atomic E-state index is 12.3. The molecular formula is C15H23N5O2. The molecule has 2 aliphatic heterocycles. The number of likely N-dealkylation sites (N-methyl/N-ethyl adjacent to an activating group) is 1. The molecule has 0 aromatic carbocycles. The van der Waals surface area contributed by atoms with Crippen LogP contribution in [-0.4, -0.2) is 84.7 Å². The summed E-state index contributed by atoms with van der Waals surface area (Å²) in [4.78, 5) is 27.5. The lowest BCUT2D eigenvalue weighted by atomic mass is 10.2. The van der Waals surface area contributed by atoms with Gasteiger partial charge in [-0.05, 0) is 6.54 Å². The number of carbonyl (C=O) groups is 1. The van der Waals surface area contributed by atoms with E-state index < -0.39 is 0 Å². The average Bonchev–Trinajstić information content (AvgIpc) is 2.62. The van der Waals surface area contributed by atoms with Crippen LogP contribution in [0.1, 0.15) is 17.3 Å². The fraction of sp³-hybridized carbons (Fsp3) is 0.667. The first kappa shape index (κ1) is 15.2. The molecule has 0 saturated carbocycles. The standard InChI is InChI=1S/C15H23N5O2/c1-2-18-3-5-20(6-4-18)15-16-11-13(12-17-15)14(21)19-7-9-22-10-8-19/h11-12H,2-10H2,1H3. The number of nitrogens with zero attached hydrogens (tertiary/aromatic N) is 5. The summed E-state index contributed by atoms with van der Waals surface area (Å²) >= 11 is 0. The minimum absolute atomic E-state index is 0.00866. The summed E-state index contributed by atoms with van der Waals surface area (Å²) in [5, 5.41) is 0. The summed E-state index contributed by atoms with van der Waals surface area (Å²) in [5.41, 5.74) is 0.554. The molecule has 7 nitrogen and oxygen atoms in total. The molecule has 120 valence electrons. The molecule has 1 aromatic heterocycles. The van der Waals surface area contributed by atoms with Gasteiger partial charge in [-0.25, -0.2) is 9.97 Å². The monoisotopic (exact) mass is 305 g/mol. The molecule has 0 aliphatic carbocycles. The van der Waals surface area contributed by atoms with E-state index in [0.717, 1.165) is 32.7 Å². The van der Waals surface area contributed by atoms with Crippen LogP contribution < -0.4 is 4.90 Å². The summed E-state index contributed by atoms with van der Waals surface area (Å²) in [6, 6.07) is 0. The fourth-order valence-corrected chi connectivity index (χ4v) is 2.81. The van der Waals surface area contributed by atoms with Crippen LogP contribution >= 0.6 is 0 Å². The summed E-state index contributed by atoms with van der Waals surface area (Å²) in [6.07, 6.45) is 3.29. The molecule has 3 heterocycles. The minimum Gasteiger partial charge on any atom is -0.378 e. The van der Waals surface area contributed by atoms with Crippen LogP contribution in [0.3, 0.4) is 0 Å². The van der Waals surface area contributed by atoms with Crippen molar-refractivity contribution >= 4 is 11.9 Å². The third-order valence-electron chi connectivity index (χ3n) is 4.29. The number of ether oxygens (including phenoxy) is 1. The highest BCUT2D eigenvalue weighted by Gasteiger charge is 2.21. The first-order chi connectivity index (χ1) is 10.8. The number of rotatable bonds is 3. The van der Waals surface area contributed by atoms with Crippen LogP contribution in [-0.2, 0) is 4.74 Å². The first-order valence-electron chi connectivity index (χ1n) is 7.94. The second kappa shape index (κ2) is 7.02. The van der Waals surface area contributed by atoms with Crippen molar-refractivity contribution in [3.8, 4) is 0 Å². The normalized spacial score (nSPS) is 20.2. The Morgan fingerprint density at radius 2 is 1.73 bits per heavy atom. The zero-order valence-electron chi connectivity index (χ0n) is 13.1. The molecule has 2 fully saturated rings. The van der Waals surface area contributed by atoms with Crippen LogP contribution in [0.25, 0.3) is 0 Å². The van der Waals surface area contributed by atoms with Crippen LogP contribution in [0.2, 0.25) is 0 Å². The highest BCUT2D eigenvalue weighted by atomic mass is 16.5. The van der Waals surface area contributed by atoms with Crippen molar-refractivity contribution in [2.75, 3.05) is 63.9 Å². The number of morpholine rings is 1. The Labute approximate surface area is 130 Å². The van der Waals surface area contributed by atoms with Crippen molar-refractivity contribution in [1.29, 1.82) is 0 Å². The SMILES string of the molecule is CCN1CCN(c2ncc(C(=O)N3CCOCC3)cn2)CC1. The van der Waals surface area contributed by atoms with Gasteiger partial charge in [-0.1, -0.05) is 6.92 Å². The zero-order chi connectivity index (χ0) is 15.4. The molecule has 3 rings (SSSR count). The molecule has 1 aromatic rings. The maximum Gasteiger partial charge on any atom is 0.257 e. The van der Waals surface area contributed by atoms with Gasteiger partial charge in [-0.15, -0.1) is 0 Å². The Bertz CT molecular complexity index is 493. The Morgan fingerprint density at radius 3 is 2.32 bits per heavy atom. The van der Waals surface area contributed by atoms with E-state index in [1.165, 1.54) is 0 Å². The van der Waals surface area contributed by atoms with Gasteiger partial charge in [0.2, 0.25) is 5.95 Å². The molecule has 0 unspecified atom stereocenters. The summed E-state index contributed by atoms with van der Waals surface area (Å²) in [7, 11) is 0. The third-order valence-corrected chi connectivity index (χ3v) is 4.29. The Kier molecular flexibility index (Phi) is 4.84. The van der Waals surface area contributed by atoms with Gasteiger partial charge in [0.1, 0.15) is 0 Å². The molecule has 0 atom stereocenters. The van der Waals surface area contributed by atoms with Crippen molar-refractivity contribution in [3.63, 3.8) is 0 Å². The van der Waals surface area contributed by atoms with E-state index >= 15 is 0 Å². The van der Waals surface area contributed by atoms with Gasteiger partial charge in [0.05, 0.1) is 18.8 Å². The van der Waals surface area contributed by atoms with E-state index in [0.29, 0.717) is 37.8 Å². The molecule has 1 amide bonds. The number of hydrogen-bond donors (Lipinski definition) is 0. The van der Waals surface area contributed by atoms with E-state index in [2.05, 4.69) is 26.7 Å². The smallest absolute Gasteiger partial charge is 0.257 e. The van der Waals surface area contributed by atoms with Crippen molar-refractivity contribution in [2.45, 2.75) is 6.92 Å². The van der Waals surface area contributed by atoms with E-state index in [-0.39, 0.29) is 5.91 Å². The van der Waals surface area contributed by atoms with Gasteiger partial charge in [0.15, 0.2) is 0 Å². The zero-order valence-corrected chi connectivity index (χ0v) is 13.1. The lowest BCUT2D eigenvalue weighted by molar-refractivity contribution is 0.0302. The van der Waals surface area contributed by atoms with Crippen molar-refractivity contribution in [1.82, 2.24) is 19.8 Å². The highest BCUT2D eigenvalue weighted by Crippen LogP contribution is 2.12. The molecule has 0 bridgehead atoms. The van der Waals surface area contributed by atoms with Gasteiger partial charge < -0.3 is 19.4 Å². The largest absolute Gasteiger partial charge is 0.378 e. The van der Waals surface area contributed by atoms with Gasteiger partial charge in [-0.3, -0.25) is 4.79 Å². The van der Waals surface area contributed by atoms with Crippen LogP contribution in [0.15, 0.2) is 12.4 Å². The lowest BCUT2D eigenvalue weighted by Gasteiger charge is -2.34. The number of hydrogen-bond acceptors (Lipinski definition) is 6. The molecule has 0 radical (unpaired) electrons. The van der Waals surface area contributed by atoms with E-state index in [4.69, 9.17) is 4.74 Å². The quantitative estimate of drug-likeness (QED) is 0.789. The van der Waals surface area contributed by atoms with Crippen molar-refractivity contribution in [3.05, 3.63) is 18.0 Å². The summed E-state index contributed by atoms with van der Waals surface area (Å²) in [6.45, 7) is 9.69. The highest BCUT2D eigenvalue weighted by molar-refractivity contribution is 5.93. The number of amides is 1. The third kappa shape index (κ3) is 3.36. The number of piperazine rings is 1. The van der Waals surface area contributed by atoms with Crippen LogP contribution in [0.5, 0.6) is 0 Å². The van der Waals surface area contributed by atoms with E-state index in [9.17, 15) is 4.79 Å². The molecular weight excluding hydrogens is 282 g/mol. The fourth-order valence-electron chi connectivity index (χ4n) is 2.81.